The van der Waals surface area contributed by atoms with E-state index in [1.807, 2.05) is 24.3 Å². The Labute approximate surface area is 134 Å². The van der Waals surface area contributed by atoms with E-state index in [4.69, 9.17) is 11.1 Å². The molecule has 0 spiro atoms. The van der Waals surface area contributed by atoms with Crippen molar-refractivity contribution in [1.82, 2.24) is 15.0 Å². The molecular weight excluding hydrogens is 288 g/mol. The van der Waals surface area contributed by atoms with Crippen LogP contribution in [0, 0.1) is 5.41 Å². The van der Waals surface area contributed by atoms with Crippen LogP contribution in [0.2, 0.25) is 0 Å². The molecule has 0 aromatic carbocycles. The van der Waals surface area contributed by atoms with Gasteiger partial charge in [0, 0.05) is 30.6 Å². The third-order valence-electron chi connectivity index (χ3n) is 3.42. The number of nitrogens with two attached hydrogens (primary N) is 1. The summed E-state index contributed by atoms with van der Waals surface area (Å²) in [6, 6.07) is 11.0. The zero-order valence-electron chi connectivity index (χ0n) is 12.6. The fraction of sp³-hybridized carbons (Fsp3) is 0.0588. The molecule has 0 atom stereocenters. The highest BCUT2D eigenvalue weighted by molar-refractivity contribution is 6.13. The van der Waals surface area contributed by atoms with E-state index in [1.165, 1.54) is 0 Å². The largest absolute Gasteiger partial charge is 0.397 e. The molecule has 114 valence electrons. The number of anilines is 2. The van der Waals surface area contributed by atoms with Crippen LogP contribution in [0.25, 0.3) is 11.3 Å². The van der Waals surface area contributed by atoms with Crippen LogP contribution in [0.5, 0.6) is 0 Å². The summed E-state index contributed by atoms with van der Waals surface area (Å²) in [5.41, 5.74) is 9.45. The second kappa shape index (κ2) is 6.23. The minimum atomic E-state index is 0.257. The minimum absolute atomic E-state index is 0.257. The first kappa shape index (κ1) is 14.6. The molecule has 0 radical (unpaired) electrons. The van der Waals surface area contributed by atoms with Gasteiger partial charge in [0.2, 0.25) is 0 Å². The predicted octanol–water partition coefficient (Wildman–Crippen LogP) is 2.58. The summed E-state index contributed by atoms with van der Waals surface area (Å²) in [5.74, 6) is 0.701. The third kappa shape index (κ3) is 3.01. The second-order valence-electron chi connectivity index (χ2n) is 4.93. The van der Waals surface area contributed by atoms with Gasteiger partial charge in [0.25, 0.3) is 0 Å². The van der Waals surface area contributed by atoms with E-state index >= 15 is 0 Å². The van der Waals surface area contributed by atoms with Gasteiger partial charge >= 0.3 is 0 Å². The molecule has 0 unspecified atom stereocenters. The van der Waals surface area contributed by atoms with E-state index < -0.39 is 0 Å². The van der Waals surface area contributed by atoms with Gasteiger partial charge in [-0.3, -0.25) is 15.4 Å². The summed E-state index contributed by atoms with van der Waals surface area (Å²) >= 11 is 0. The van der Waals surface area contributed by atoms with Crippen LogP contribution < -0.4 is 11.1 Å². The monoisotopic (exact) mass is 304 g/mol. The van der Waals surface area contributed by atoms with Crippen LogP contribution in [-0.2, 0) is 0 Å². The van der Waals surface area contributed by atoms with Gasteiger partial charge in [0.15, 0.2) is 0 Å². The normalized spacial score (nSPS) is 10.3. The Morgan fingerprint density at radius 3 is 2.78 bits per heavy atom. The van der Waals surface area contributed by atoms with Gasteiger partial charge in [-0.1, -0.05) is 6.07 Å². The second-order valence-corrected chi connectivity index (χ2v) is 4.93. The smallest absolute Gasteiger partial charge is 0.126 e. The number of pyridine rings is 3. The van der Waals surface area contributed by atoms with Crippen LogP contribution in [0.4, 0.5) is 11.5 Å². The Bertz CT molecular complexity index is 845. The zero-order valence-corrected chi connectivity index (χ0v) is 12.6. The average molecular weight is 304 g/mol. The molecule has 0 saturated heterocycles. The van der Waals surface area contributed by atoms with Crippen LogP contribution in [0.1, 0.15) is 11.3 Å². The summed E-state index contributed by atoms with van der Waals surface area (Å²) in [7, 11) is 1.79. The molecule has 6 heteroatoms. The van der Waals surface area contributed by atoms with Crippen molar-refractivity contribution in [2.75, 3.05) is 18.1 Å². The number of hydrogen-bond acceptors (Lipinski definition) is 6. The highest BCUT2D eigenvalue weighted by atomic mass is 15.0. The number of nitrogens with one attached hydrogen (secondary N) is 2. The van der Waals surface area contributed by atoms with Crippen molar-refractivity contribution in [3.8, 4) is 11.3 Å². The van der Waals surface area contributed by atoms with E-state index in [0.717, 1.165) is 11.3 Å². The first-order valence-electron chi connectivity index (χ1n) is 7.09. The Morgan fingerprint density at radius 2 is 2.04 bits per heavy atom. The van der Waals surface area contributed by atoms with Crippen molar-refractivity contribution in [2.24, 2.45) is 0 Å². The highest BCUT2D eigenvalue weighted by Gasteiger charge is 2.13. The van der Waals surface area contributed by atoms with Gasteiger partial charge < -0.3 is 11.1 Å². The molecule has 3 heterocycles. The molecule has 0 aliphatic rings. The third-order valence-corrected chi connectivity index (χ3v) is 3.42. The van der Waals surface area contributed by atoms with Crippen LogP contribution in [0.3, 0.4) is 0 Å². The van der Waals surface area contributed by atoms with Crippen LogP contribution in [0.15, 0.2) is 55.0 Å². The fourth-order valence-corrected chi connectivity index (χ4v) is 2.21. The van der Waals surface area contributed by atoms with Crippen LogP contribution >= 0.6 is 0 Å². The molecule has 4 N–H and O–H groups in total. The fourth-order valence-electron chi connectivity index (χ4n) is 2.21. The lowest BCUT2D eigenvalue weighted by atomic mass is 10.0. The molecule has 6 nitrogen and oxygen atoms in total. The van der Waals surface area contributed by atoms with Gasteiger partial charge in [-0.2, -0.15) is 0 Å². The summed E-state index contributed by atoms with van der Waals surface area (Å²) in [6.07, 6.45) is 5.00. The minimum Gasteiger partial charge on any atom is -0.397 e. The van der Waals surface area contributed by atoms with Crippen molar-refractivity contribution in [1.29, 1.82) is 5.41 Å². The van der Waals surface area contributed by atoms with Gasteiger partial charge in [-0.25, -0.2) is 4.98 Å². The molecular formula is C17H16N6. The van der Waals surface area contributed by atoms with E-state index in [9.17, 15) is 0 Å². The SMILES string of the molecule is CNc1cccc(C(=N)c2cc(-c3cccnc3)ncc2N)n1. The molecule has 0 aliphatic heterocycles. The Kier molecular flexibility index (Phi) is 3.97. The van der Waals surface area contributed by atoms with Crippen molar-refractivity contribution in [2.45, 2.75) is 0 Å². The molecule has 23 heavy (non-hydrogen) atoms. The van der Waals surface area contributed by atoms with Gasteiger partial charge in [-0.05, 0) is 30.3 Å². The number of rotatable bonds is 4. The molecule has 3 aromatic rings. The van der Waals surface area contributed by atoms with Gasteiger partial charge in [-0.15, -0.1) is 0 Å². The van der Waals surface area contributed by atoms with Crippen molar-refractivity contribution >= 4 is 17.2 Å². The van der Waals surface area contributed by atoms with Crippen molar-refractivity contribution < 1.29 is 0 Å². The summed E-state index contributed by atoms with van der Waals surface area (Å²) in [6.45, 7) is 0. The average Bonchev–Trinajstić information content (AvgIpc) is 2.62. The molecule has 0 saturated carbocycles. The number of nitrogens with zero attached hydrogens (tertiary/aromatic N) is 3. The first-order chi connectivity index (χ1) is 11.2. The number of nitrogen functional groups attached to an aromatic ring is 1. The van der Waals surface area contributed by atoms with E-state index in [2.05, 4.69) is 20.3 Å². The first-order valence-corrected chi connectivity index (χ1v) is 7.09. The predicted molar refractivity (Wildman–Crippen MR) is 91.6 cm³/mol. The van der Waals surface area contributed by atoms with Crippen LogP contribution in [-0.4, -0.2) is 27.7 Å². The quantitative estimate of drug-likeness (QED) is 0.643. The van der Waals surface area contributed by atoms with Gasteiger partial charge in [0.1, 0.15) is 5.82 Å². The maximum Gasteiger partial charge on any atom is 0.126 e. The molecule has 0 aliphatic carbocycles. The summed E-state index contributed by atoms with van der Waals surface area (Å²) in [5, 5.41) is 11.4. The number of hydrogen-bond donors (Lipinski definition) is 3. The molecule has 3 aromatic heterocycles. The maximum atomic E-state index is 8.43. The lowest BCUT2D eigenvalue weighted by Crippen LogP contribution is -2.09. The lowest BCUT2D eigenvalue weighted by molar-refractivity contribution is 1.24. The summed E-state index contributed by atoms with van der Waals surface area (Å²) in [4.78, 5) is 12.8. The van der Waals surface area contributed by atoms with E-state index in [0.29, 0.717) is 22.8 Å². The molecule has 0 amide bonds. The van der Waals surface area contributed by atoms with E-state index in [1.54, 1.807) is 37.8 Å². The standard InChI is InChI=1S/C17H16N6/c1-20-16-6-2-5-14(23-16)17(19)12-8-15(22-10-13(12)18)11-4-3-7-21-9-11/h2-10,19H,18H2,1H3,(H,20,23). The van der Waals surface area contributed by atoms with Gasteiger partial charge in [0.05, 0.1) is 29.0 Å². The highest BCUT2D eigenvalue weighted by Crippen LogP contribution is 2.22. The Balaban J connectivity index is 2.03. The Hall–Kier alpha value is -3.28. The van der Waals surface area contributed by atoms with E-state index in [-0.39, 0.29) is 5.71 Å². The molecule has 0 fully saturated rings. The lowest BCUT2D eigenvalue weighted by Gasteiger charge is -2.10. The number of aromatic nitrogens is 3. The molecule has 0 bridgehead atoms. The topological polar surface area (TPSA) is 101 Å². The Morgan fingerprint density at radius 1 is 1.17 bits per heavy atom. The van der Waals surface area contributed by atoms with Crippen molar-refractivity contribution in [3.05, 3.63) is 66.2 Å². The zero-order chi connectivity index (χ0) is 16.2. The molecule has 3 rings (SSSR count). The summed E-state index contributed by atoms with van der Waals surface area (Å²) < 4.78 is 0. The maximum absolute atomic E-state index is 8.43. The van der Waals surface area contributed by atoms with Crippen molar-refractivity contribution in [3.63, 3.8) is 0 Å².